The Labute approximate surface area is 107 Å². The zero-order chi connectivity index (χ0) is 13.0. The van der Waals surface area contributed by atoms with Crippen LogP contribution in [0.5, 0.6) is 11.5 Å². The molecule has 0 radical (unpaired) electrons. The van der Waals surface area contributed by atoms with Gasteiger partial charge in [0.25, 0.3) is 0 Å². The van der Waals surface area contributed by atoms with E-state index >= 15 is 0 Å². The van der Waals surface area contributed by atoms with Crippen LogP contribution in [0.3, 0.4) is 0 Å². The number of hydrogen-bond acceptors (Lipinski definition) is 3. The third kappa shape index (κ3) is 2.74. The Kier molecular flexibility index (Phi) is 4.06. The molecule has 2 aromatic rings. The highest BCUT2D eigenvalue weighted by molar-refractivity contribution is 7.61. The highest BCUT2D eigenvalue weighted by Gasteiger charge is 2.08. The van der Waals surface area contributed by atoms with E-state index in [1.54, 1.807) is 26.4 Å². The molecule has 2 aromatic carbocycles. The summed E-state index contributed by atoms with van der Waals surface area (Å²) in [6, 6.07) is 14.7. The molecule has 0 N–H and O–H groups in total. The van der Waals surface area contributed by atoms with Gasteiger partial charge in [-0.2, -0.15) is 0 Å². The molecule has 0 spiro atoms. The molecule has 0 aromatic heterocycles. The van der Waals surface area contributed by atoms with E-state index in [9.17, 15) is 4.57 Å². The summed E-state index contributed by atoms with van der Waals surface area (Å²) in [6.07, 6.45) is 0. The largest absolute Gasteiger partial charge is 0.497 e. The fourth-order valence-corrected chi connectivity index (χ4v) is 3.07. The van der Waals surface area contributed by atoms with Gasteiger partial charge in [-0.05, 0) is 24.3 Å². The lowest BCUT2D eigenvalue weighted by molar-refractivity contribution is 0.415. The smallest absolute Gasteiger partial charge is 0.132 e. The Hall–Kier alpha value is -1.73. The second kappa shape index (κ2) is 5.74. The first kappa shape index (κ1) is 12.7. The Morgan fingerprint density at radius 1 is 0.833 bits per heavy atom. The molecule has 0 heterocycles. The van der Waals surface area contributed by atoms with Gasteiger partial charge in [-0.25, -0.2) is 0 Å². The van der Waals surface area contributed by atoms with Gasteiger partial charge in [-0.1, -0.05) is 24.3 Å². The van der Waals surface area contributed by atoms with E-state index in [-0.39, 0.29) is 0 Å². The van der Waals surface area contributed by atoms with Crippen LogP contribution >= 0.6 is 7.80 Å². The van der Waals surface area contributed by atoms with Crippen LogP contribution in [0.4, 0.5) is 0 Å². The van der Waals surface area contributed by atoms with Crippen LogP contribution in [0.2, 0.25) is 0 Å². The summed E-state index contributed by atoms with van der Waals surface area (Å²) in [5.41, 5.74) is 0. The van der Waals surface area contributed by atoms with Gasteiger partial charge in [-0.3, -0.25) is 0 Å². The fourth-order valence-electron chi connectivity index (χ4n) is 1.70. The van der Waals surface area contributed by atoms with Gasteiger partial charge >= 0.3 is 0 Å². The molecule has 0 amide bonds. The topological polar surface area (TPSA) is 35.5 Å². The maximum atomic E-state index is 12.5. The van der Waals surface area contributed by atoms with Crippen molar-refractivity contribution in [1.29, 1.82) is 0 Å². The molecule has 0 aliphatic carbocycles. The first-order valence-corrected chi connectivity index (χ1v) is 6.98. The maximum absolute atomic E-state index is 12.5. The van der Waals surface area contributed by atoms with Crippen LogP contribution in [0.1, 0.15) is 0 Å². The van der Waals surface area contributed by atoms with Crippen LogP contribution < -0.4 is 20.1 Å². The lowest BCUT2D eigenvalue weighted by Gasteiger charge is -2.06. The molecule has 0 bridgehead atoms. The van der Waals surface area contributed by atoms with Crippen molar-refractivity contribution in [2.24, 2.45) is 0 Å². The van der Waals surface area contributed by atoms with Crippen LogP contribution in [-0.4, -0.2) is 14.2 Å². The molecule has 4 heteroatoms. The van der Waals surface area contributed by atoms with Gasteiger partial charge in [0.05, 0.1) is 14.2 Å². The third-order valence-corrected chi connectivity index (χ3v) is 4.33. The summed E-state index contributed by atoms with van der Waals surface area (Å²) in [5.74, 6) is 1.43. The molecule has 0 atom stereocenters. The fraction of sp³-hybridized carbons (Fsp3) is 0.143. The Morgan fingerprint density at radius 3 is 1.67 bits per heavy atom. The highest BCUT2D eigenvalue weighted by Crippen LogP contribution is 2.23. The number of ether oxygens (including phenoxy) is 2. The van der Waals surface area contributed by atoms with Crippen LogP contribution in [0, 0.1) is 0 Å². The molecular formula is C14H15O3P. The molecule has 0 aliphatic heterocycles. The number of methoxy groups -OCH3 is 2. The normalized spacial score (nSPS) is 10.4. The molecule has 94 valence electrons. The molecule has 0 fully saturated rings. The molecule has 0 unspecified atom stereocenters. The molecule has 2 rings (SSSR count). The van der Waals surface area contributed by atoms with Gasteiger partial charge in [0.15, 0.2) is 0 Å². The van der Waals surface area contributed by atoms with E-state index in [0.29, 0.717) is 11.5 Å². The number of benzene rings is 2. The van der Waals surface area contributed by atoms with Gasteiger partial charge < -0.3 is 14.0 Å². The lowest BCUT2D eigenvalue weighted by Crippen LogP contribution is -2.07. The average Bonchev–Trinajstić information content (AvgIpc) is 2.46. The molecule has 0 saturated carbocycles. The summed E-state index contributed by atoms with van der Waals surface area (Å²) >= 11 is 0. The van der Waals surface area contributed by atoms with Crippen LogP contribution in [0.25, 0.3) is 0 Å². The summed E-state index contributed by atoms with van der Waals surface area (Å²) in [4.78, 5) is 0. The predicted octanol–water partition coefficient (Wildman–Crippen LogP) is 2.21. The summed E-state index contributed by atoms with van der Waals surface area (Å²) < 4.78 is 22.7. The maximum Gasteiger partial charge on any atom is 0.132 e. The SMILES string of the molecule is COc1cccc([PH](=O)c2cccc(OC)c2)c1. The van der Waals surface area contributed by atoms with E-state index in [4.69, 9.17) is 9.47 Å². The van der Waals surface area contributed by atoms with Crippen molar-refractivity contribution in [3.05, 3.63) is 48.5 Å². The van der Waals surface area contributed by atoms with Crippen LogP contribution in [0.15, 0.2) is 48.5 Å². The number of rotatable bonds is 4. The minimum atomic E-state index is -2.02. The van der Waals surface area contributed by atoms with Crippen molar-refractivity contribution in [2.75, 3.05) is 14.2 Å². The van der Waals surface area contributed by atoms with Gasteiger partial charge in [-0.15, -0.1) is 0 Å². The Balaban J connectivity index is 2.34. The van der Waals surface area contributed by atoms with Crippen molar-refractivity contribution in [3.8, 4) is 11.5 Å². The molecular weight excluding hydrogens is 247 g/mol. The summed E-state index contributed by atoms with van der Waals surface area (Å²) in [6.45, 7) is 0. The zero-order valence-corrected chi connectivity index (χ0v) is 11.3. The van der Waals surface area contributed by atoms with E-state index in [0.717, 1.165) is 10.6 Å². The second-order valence-corrected chi connectivity index (χ2v) is 5.61. The van der Waals surface area contributed by atoms with Gasteiger partial charge in [0.1, 0.15) is 19.3 Å². The standard InChI is InChI=1S/C14H15O3P/c1-16-11-5-3-7-13(9-11)18(15)14-8-4-6-12(10-14)17-2/h3-10,18H,1-2H3. The lowest BCUT2D eigenvalue weighted by atomic mass is 10.3. The monoisotopic (exact) mass is 262 g/mol. The Morgan fingerprint density at radius 2 is 1.28 bits per heavy atom. The minimum absolute atomic E-state index is 0.716. The third-order valence-electron chi connectivity index (χ3n) is 2.66. The Bertz CT molecular complexity index is 517. The van der Waals surface area contributed by atoms with E-state index in [1.807, 2.05) is 36.4 Å². The zero-order valence-electron chi connectivity index (χ0n) is 10.3. The van der Waals surface area contributed by atoms with Crippen molar-refractivity contribution >= 4 is 18.4 Å². The van der Waals surface area contributed by atoms with Gasteiger partial charge in [0, 0.05) is 10.6 Å². The van der Waals surface area contributed by atoms with Crippen molar-refractivity contribution < 1.29 is 14.0 Å². The summed E-state index contributed by atoms with van der Waals surface area (Å²) in [5, 5.41) is 1.57. The first-order valence-electron chi connectivity index (χ1n) is 5.57. The number of hydrogen-bond donors (Lipinski definition) is 0. The molecule has 3 nitrogen and oxygen atoms in total. The van der Waals surface area contributed by atoms with Crippen LogP contribution in [-0.2, 0) is 4.57 Å². The first-order chi connectivity index (χ1) is 8.74. The van der Waals surface area contributed by atoms with E-state index in [2.05, 4.69) is 0 Å². The quantitative estimate of drug-likeness (QED) is 0.792. The van der Waals surface area contributed by atoms with Gasteiger partial charge in [0.2, 0.25) is 0 Å². The van der Waals surface area contributed by atoms with Crippen molar-refractivity contribution in [1.82, 2.24) is 0 Å². The molecule has 0 aliphatic rings. The van der Waals surface area contributed by atoms with E-state index in [1.165, 1.54) is 0 Å². The highest BCUT2D eigenvalue weighted by atomic mass is 31.1. The van der Waals surface area contributed by atoms with Crippen molar-refractivity contribution in [2.45, 2.75) is 0 Å². The predicted molar refractivity (Wildman–Crippen MR) is 74.3 cm³/mol. The summed E-state index contributed by atoms with van der Waals surface area (Å²) in [7, 11) is 1.18. The molecule has 18 heavy (non-hydrogen) atoms. The molecule has 0 saturated heterocycles. The second-order valence-electron chi connectivity index (χ2n) is 3.79. The minimum Gasteiger partial charge on any atom is -0.497 e. The van der Waals surface area contributed by atoms with E-state index < -0.39 is 7.80 Å². The average molecular weight is 262 g/mol. The van der Waals surface area contributed by atoms with Crippen molar-refractivity contribution in [3.63, 3.8) is 0 Å².